The quantitative estimate of drug-likeness (QED) is 0.869. The van der Waals surface area contributed by atoms with E-state index in [-0.39, 0.29) is 12.0 Å². The van der Waals surface area contributed by atoms with Crippen LogP contribution in [0.1, 0.15) is 41.6 Å². The molecule has 17 heavy (non-hydrogen) atoms. The molecule has 1 N–H and O–H groups in total. The van der Waals surface area contributed by atoms with Gasteiger partial charge in [0.1, 0.15) is 0 Å². The fourth-order valence-electron chi connectivity index (χ4n) is 2.00. The summed E-state index contributed by atoms with van der Waals surface area (Å²) < 4.78 is 0.796. The van der Waals surface area contributed by atoms with Crippen LogP contribution in [0.25, 0.3) is 0 Å². The summed E-state index contributed by atoms with van der Waals surface area (Å²) in [4.78, 5) is 17.3. The lowest BCUT2D eigenvalue weighted by molar-refractivity contribution is -0.0125. The molecular formula is C13H16BrNO2. The topological polar surface area (TPSA) is 38.3 Å². The molecule has 0 bridgehead atoms. The van der Waals surface area contributed by atoms with Gasteiger partial charge in [-0.1, -0.05) is 18.9 Å². The van der Waals surface area contributed by atoms with E-state index in [0.717, 1.165) is 22.9 Å². The van der Waals surface area contributed by atoms with Crippen LogP contribution < -0.4 is 5.48 Å². The highest BCUT2D eigenvalue weighted by Crippen LogP contribution is 2.21. The van der Waals surface area contributed by atoms with Crippen LogP contribution in [-0.4, -0.2) is 12.0 Å². The molecule has 3 nitrogen and oxygen atoms in total. The van der Waals surface area contributed by atoms with Crippen molar-refractivity contribution in [1.82, 2.24) is 5.48 Å². The minimum Gasteiger partial charge on any atom is -0.270 e. The second-order valence-corrected chi connectivity index (χ2v) is 5.29. The van der Waals surface area contributed by atoms with Crippen LogP contribution in [0.5, 0.6) is 0 Å². The van der Waals surface area contributed by atoms with E-state index in [0.29, 0.717) is 5.56 Å². The molecule has 1 aliphatic carbocycles. The summed E-state index contributed by atoms with van der Waals surface area (Å²) in [5.74, 6) is -0.191. The molecule has 0 heterocycles. The SMILES string of the molecule is Cc1ccc(C(=O)NOC2CCCC2)c(Br)c1. The monoisotopic (exact) mass is 297 g/mol. The second kappa shape index (κ2) is 5.65. The van der Waals surface area contributed by atoms with Crippen LogP contribution >= 0.6 is 15.9 Å². The van der Waals surface area contributed by atoms with Gasteiger partial charge in [0, 0.05) is 4.47 Å². The van der Waals surface area contributed by atoms with E-state index in [1.807, 2.05) is 19.1 Å². The molecule has 1 saturated carbocycles. The average molecular weight is 298 g/mol. The summed E-state index contributed by atoms with van der Waals surface area (Å²) in [5.41, 5.74) is 4.25. The van der Waals surface area contributed by atoms with Crippen molar-refractivity contribution in [1.29, 1.82) is 0 Å². The number of hydrogen-bond donors (Lipinski definition) is 1. The zero-order chi connectivity index (χ0) is 12.3. The number of nitrogens with one attached hydrogen (secondary N) is 1. The molecule has 0 atom stereocenters. The maximum Gasteiger partial charge on any atom is 0.275 e. The third kappa shape index (κ3) is 3.30. The molecule has 0 spiro atoms. The normalized spacial score (nSPS) is 16.1. The van der Waals surface area contributed by atoms with Gasteiger partial charge in [0.15, 0.2) is 0 Å². The average Bonchev–Trinajstić information content (AvgIpc) is 2.78. The third-order valence-corrected chi connectivity index (χ3v) is 3.65. The molecular weight excluding hydrogens is 282 g/mol. The number of rotatable bonds is 3. The van der Waals surface area contributed by atoms with Crippen LogP contribution in [0.2, 0.25) is 0 Å². The van der Waals surface area contributed by atoms with Crippen molar-refractivity contribution in [3.63, 3.8) is 0 Å². The molecule has 0 aliphatic heterocycles. The first-order valence-electron chi connectivity index (χ1n) is 5.89. The lowest BCUT2D eigenvalue weighted by atomic mass is 10.1. The van der Waals surface area contributed by atoms with Crippen molar-refractivity contribution in [3.8, 4) is 0 Å². The van der Waals surface area contributed by atoms with E-state index >= 15 is 0 Å². The first-order chi connectivity index (χ1) is 8.16. The maximum atomic E-state index is 11.9. The Labute approximate surface area is 110 Å². The van der Waals surface area contributed by atoms with Crippen LogP contribution in [0.3, 0.4) is 0 Å². The number of aryl methyl sites for hydroxylation is 1. The van der Waals surface area contributed by atoms with Gasteiger partial charge >= 0.3 is 0 Å². The van der Waals surface area contributed by atoms with Crippen molar-refractivity contribution in [2.45, 2.75) is 38.7 Å². The van der Waals surface area contributed by atoms with Gasteiger partial charge < -0.3 is 0 Å². The summed E-state index contributed by atoms with van der Waals surface area (Å²) in [6.45, 7) is 1.99. The molecule has 0 saturated heterocycles. The fourth-order valence-corrected chi connectivity index (χ4v) is 2.68. The Kier molecular flexibility index (Phi) is 4.18. The Bertz CT molecular complexity index is 414. The first-order valence-corrected chi connectivity index (χ1v) is 6.68. The van der Waals surface area contributed by atoms with Crippen molar-refractivity contribution in [3.05, 3.63) is 33.8 Å². The molecule has 4 heteroatoms. The number of carbonyl (C=O) groups is 1. The summed E-state index contributed by atoms with van der Waals surface area (Å²) in [6, 6.07) is 5.63. The van der Waals surface area contributed by atoms with Crippen molar-refractivity contribution >= 4 is 21.8 Å². The van der Waals surface area contributed by atoms with Gasteiger partial charge in [0.05, 0.1) is 11.7 Å². The number of carbonyl (C=O) groups excluding carboxylic acids is 1. The van der Waals surface area contributed by atoms with Crippen LogP contribution in [0.15, 0.2) is 22.7 Å². The highest BCUT2D eigenvalue weighted by Gasteiger charge is 2.18. The van der Waals surface area contributed by atoms with E-state index in [4.69, 9.17) is 4.84 Å². The van der Waals surface area contributed by atoms with Gasteiger partial charge in [-0.15, -0.1) is 0 Å². The molecule has 1 amide bonds. The highest BCUT2D eigenvalue weighted by atomic mass is 79.9. The van der Waals surface area contributed by atoms with Crippen molar-refractivity contribution < 1.29 is 9.63 Å². The predicted octanol–water partition coefficient (Wildman–Crippen LogP) is 3.36. The van der Waals surface area contributed by atoms with E-state index in [9.17, 15) is 4.79 Å². The second-order valence-electron chi connectivity index (χ2n) is 4.44. The number of halogens is 1. The minimum atomic E-state index is -0.191. The molecule has 1 aromatic rings. The molecule has 1 aliphatic rings. The fraction of sp³-hybridized carbons (Fsp3) is 0.462. The Balaban J connectivity index is 1.94. The minimum absolute atomic E-state index is 0.183. The van der Waals surface area contributed by atoms with Gasteiger partial charge in [0.2, 0.25) is 0 Å². The number of hydrogen-bond acceptors (Lipinski definition) is 2. The molecule has 0 radical (unpaired) electrons. The summed E-state index contributed by atoms with van der Waals surface area (Å²) in [6.07, 6.45) is 4.64. The predicted molar refractivity (Wildman–Crippen MR) is 69.7 cm³/mol. The molecule has 2 rings (SSSR count). The largest absolute Gasteiger partial charge is 0.275 e. The zero-order valence-electron chi connectivity index (χ0n) is 9.83. The van der Waals surface area contributed by atoms with Crippen molar-refractivity contribution in [2.75, 3.05) is 0 Å². The van der Waals surface area contributed by atoms with Crippen LogP contribution in [-0.2, 0) is 4.84 Å². The first kappa shape index (κ1) is 12.6. The summed E-state index contributed by atoms with van der Waals surface area (Å²) in [7, 11) is 0. The molecule has 1 fully saturated rings. The molecule has 0 unspecified atom stereocenters. The lowest BCUT2D eigenvalue weighted by Crippen LogP contribution is -2.28. The Morgan fingerprint density at radius 3 is 2.76 bits per heavy atom. The Morgan fingerprint density at radius 2 is 2.12 bits per heavy atom. The van der Waals surface area contributed by atoms with Crippen molar-refractivity contribution in [2.24, 2.45) is 0 Å². The van der Waals surface area contributed by atoms with E-state index in [1.54, 1.807) is 6.07 Å². The van der Waals surface area contributed by atoms with E-state index in [1.165, 1.54) is 12.8 Å². The molecule has 1 aromatic carbocycles. The van der Waals surface area contributed by atoms with Crippen LogP contribution in [0, 0.1) is 6.92 Å². The Hall–Kier alpha value is -0.870. The van der Waals surface area contributed by atoms with Gasteiger partial charge in [-0.2, -0.15) is 0 Å². The molecule has 0 aromatic heterocycles. The summed E-state index contributed by atoms with van der Waals surface area (Å²) >= 11 is 3.38. The summed E-state index contributed by atoms with van der Waals surface area (Å²) in [5, 5.41) is 0. The number of hydroxylamine groups is 1. The number of benzene rings is 1. The van der Waals surface area contributed by atoms with Gasteiger partial charge in [-0.3, -0.25) is 9.63 Å². The Morgan fingerprint density at radius 1 is 1.41 bits per heavy atom. The van der Waals surface area contributed by atoms with Gasteiger partial charge in [-0.05, 0) is 53.4 Å². The standard InChI is InChI=1S/C13H16BrNO2/c1-9-6-7-11(12(14)8-9)13(16)15-17-10-4-2-3-5-10/h6-8,10H,2-5H2,1H3,(H,15,16). The van der Waals surface area contributed by atoms with E-state index in [2.05, 4.69) is 21.4 Å². The lowest BCUT2D eigenvalue weighted by Gasteiger charge is -2.12. The zero-order valence-corrected chi connectivity index (χ0v) is 11.4. The van der Waals surface area contributed by atoms with Crippen LogP contribution in [0.4, 0.5) is 0 Å². The molecule has 92 valence electrons. The number of amides is 1. The van der Waals surface area contributed by atoms with E-state index < -0.39 is 0 Å². The van der Waals surface area contributed by atoms with Gasteiger partial charge in [-0.25, -0.2) is 5.48 Å². The maximum absolute atomic E-state index is 11.9. The third-order valence-electron chi connectivity index (χ3n) is 2.99. The highest BCUT2D eigenvalue weighted by molar-refractivity contribution is 9.10. The smallest absolute Gasteiger partial charge is 0.270 e. The van der Waals surface area contributed by atoms with Gasteiger partial charge in [0.25, 0.3) is 5.91 Å².